The van der Waals surface area contributed by atoms with E-state index < -0.39 is 0 Å². The number of carbonyl (C=O) groups is 1. The van der Waals surface area contributed by atoms with E-state index in [0.717, 1.165) is 5.56 Å². The molecule has 0 unspecified atom stereocenters. The Morgan fingerprint density at radius 3 is 2.37 bits per heavy atom. The molecule has 6 heteroatoms. The van der Waals surface area contributed by atoms with Crippen molar-refractivity contribution < 1.29 is 4.79 Å². The average molecular weight is 480 g/mol. The number of aryl methyl sites for hydroxylation is 2. The van der Waals surface area contributed by atoms with Crippen LogP contribution in [0.15, 0.2) is 53.5 Å². The molecule has 2 rings (SSSR count). The van der Waals surface area contributed by atoms with Crippen LogP contribution >= 0.6 is 24.0 Å². The number of nitrogens with zero attached hydrogens (tertiary/aromatic N) is 1. The predicted molar refractivity (Wildman–Crippen MR) is 122 cm³/mol. The van der Waals surface area contributed by atoms with Crippen LogP contribution in [0.5, 0.6) is 0 Å². The first-order valence-electron chi connectivity index (χ1n) is 8.89. The molecule has 5 nitrogen and oxygen atoms in total. The molecule has 0 bridgehead atoms. The highest BCUT2D eigenvalue weighted by Crippen LogP contribution is 2.09. The fraction of sp³-hybridized carbons (Fsp3) is 0.333. The average Bonchev–Trinajstić information content (AvgIpc) is 2.65. The van der Waals surface area contributed by atoms with Gasteiger partial charge in [-0.05, 0) is 30.5 Å². The molecule has 0 atom stereocenters. The summed E-state index contributed by atoms with van der Waals surface area (Å²) in [4.78, 5) is 16.1. The molecule has 0 aliphatic rings. The summed E-state index contributed by atoms with van der Waals surface area (Å²) < 4.78 is 0. The quantitative estimate of drug-likeness (QED) is 0.324. The van der Waals surface area contributed by atoms with Crippen molar-refractivity contribution in [2.45, 2.75) is 33.4 Å². The fourth-order valence-corrected chi connectivity index (χ4v) is 2.62. The lowest BCUT2D eigenvalue weighted by molar-refractivity contribution is -0.121. The third-order valence-electron chi connectivity index (χ3n) is 4.15. The predicted octanol–water partition coefficient (Wildman–Crippen LogP) is 3.29. The van der Waals surface area contributed by atoms with Crippen LogP contribution < -0.4 is 16.0 Å². The van der Waals surface area contributed by atoms with Crippen LogP contribution in [0.25, 0.3) is 0 Å². The van der Waals surface area contributed by atoms with Gasteiger partial charge in [-0.2, -0.15) is 0 Å². The van der Waals surface area contributed by atoms with E-state index in [-0.39, 0.29) is 29.9 Å². The second-order valence-corrected chi connectivity index (χ2v) is 6.29. The van der Waals surface area contributed by atoms with Gasteiger partial charge in [0.2, 0.25) is 5.91 Å². The van der Waals surface area contributed by atoms with Crippen LogP contribution in [-0.2, 0) is 17.9 Å². The van der Waals surface area contributed by atoms with Crippen LogP contribution in [0.3, 0.4) is 0 Å². The van der Waals surface area contributed by atoms with Crippen molar-refractivity contribution >= 4 is 35.8 Å². The van der Waals surface area contributed by atoms with Crippen LogP contribution in [0.4, 0.5) is 0 Å². The Morgan fingerprint density at radius 1 is 0.963 bits per heavy atom. The zero-order valence-corrected chi connectivity index (χ0v) is 18.5. The maximum atomic E-state index is 11.9. The van der Waals surface area contributed by atoms with Crippen LogP contribution in [-0.4, -0.2) is 25.5 Å². The highest BCUT2D eigenvalue weighted by Gasteiger charge is 2.04. The Morgan fingerprint density at radius 2 is 1.70 bits per heavy atom. The number of hydrogen-bond donors (Lipinski definition) is 3. The molecule has 3 N–H and O–H groups in total. The second-order valence-electron chi connectivity index (χ2n) is 6.29. The van der Waals surface area contributed by atoms with Gasteiger partial charge >= 0.3 is 0 Å². The third kappa shape index (κ3) is 8.43. The molecule has 0 saturated heterocycles. The van der Waals surface area contributed by atoms with Gasteiger partial charge in [-0.25, -0.2) is 0 Å². The molecule has 0 saturated carbocycles. The lowest BCUT2D eigenvalue weighted by Gasteiger charge is -2.13. The van der Waals surface area contributed by atoms with E-state index in [2.05, 4.69) is 53.0 Å². The smallest absolute Gasteiger partial charge is 0.222 e. The van der Waals surface area contributed by atoms with Crippen LogP contribution in [0.2, 0.25) is 0 Å². The molecule has 0 spiro atoms. The van der Waals surface area contributed by atoms with Gasteiger partial charge in [0.15, 0.2) is 5.96 Å². The Balaban J connectivity index is 0.00000364. The van der Waals surface area contributed by atoms with Gasteiger partial charge in [0.1, 0.15) is 0 Å². The number of carbonyl (C=O) groups excluding carboxylic acids is 1. The summed E-state index contributed by atoms with van der Waals surface area (Å²) in [5.74, 6) is 0.715. The lowest BCUT2D eigenvalue weighted by Crippen LogP contribution is -2.39. The maximum absolute atomic E-state index is 11.9. The van der Waals surface area contributed by atoms with Gasteiger partial charge in [0.05, 0.1) is 0 Å². The lowest BCUT2D eigenvalue weighted by atomic mass is 10.1. The fourth-order valence-electron chi connectivity index (χ4n) is 2.62. The number of rotatable bonds is 7. The Kier molecular flexibility index (Phi) is 10.5. The van der Waals surface area contributed by atoms with Crippen molar-refractivity contribution in [1.29, 1.82) is 0 Å². The van der Waals surface area contributed by atoms with E-state index in [1.807, 2.05) is 30.3 Å². The highest BCUT2D eigenvalue weighted by atomic mass is 127. The van der Waals surface area contributed by atoms with E-state index in [1.54, 1.807) is 7.05 Å². The number of amides is 1. The summed E-state index contributed by atoms with van der Waals surface area (Å²) in [6, 6.07) is 16.3. The number of nitrogens with one attached hydrogen (secondary N) is 3. The number of benzene rings is 2. The molecule has 0 heterocycles. The van der Waals surface area contributed by atoms with Crippen molar-refractivity contribution in [3.63, 3.8) is 0 Å². The van der Waals surface area contributed by atoms with E-state index in [0.29, 0.717) is 32.0 Å². The molecule has 0 aliphatic carbocycles. The third-order valence-corrected chi connectivity index (χ3v) is 4.15. The van der Waals surface area contributed by atoms with Gasteiger partial charge in [0.25, 0.3) is 0 Å². The normalized spacial score (nSPS) is 10.7. The molecule has 27 heavy (non-hydrogen) atoms. The number of hydrogen-bond acceptors (Lipinski definition) is 2. The summed E-state index contributed by atoms with van der Waals surface area (Å²) in [6.07, 6.45) is 0.400. The van der Waals surface area contributed by atoms with Gasteiger partial charge in [-0.1, -0.05) is 54.1 Å². The molecule has 0 aromatic heterocycles. The summed E-state index contributed by atoms with van der Waals surface area (Å²) >= 11 is 0. The number of aliphatic imine (C=N–C) groups is 1. The first-order valence-corrected chi connectivity index (χ1v) is 8.89. The highest BCUT2D eigenvalue weighted by molar-refractivity contribution is 14.0. The van der Waals surface area contributed by atoms with Crippen molar-refractivity contribution in [3.8, 4) is 0 Å². The first kappa shape index (κ1) is 23.0. The van der Waals surface area contributed by atoms with Crippen molar-refractivity contribution in [3.05, 3.63) is 70.8 Å². The van der Waals surface area contributed by atoms with Crippen LogP contribution in [0.1, 0.15) is 28.7 Å². The second kappa shape index (κ2) is 12.3. The summed E-state index contributed by atoms with van der Waals surface area (Å²) in [7, 11) is 1.73. The van der Waals surface area contributed by atoms with E-state index >= 15 is 0 Å². The summed E-state index contributed by atoms with van der Waals surface area (Å²) in [5.41, 5.74) is 4.85. The standard InChI is InChI=1S/C21H28N4O.HI/c1-16-9-10-19(17(2)13-16)15-25-21(22-3)23-12-11-20(26)24-14-18-7-5-4-6-8-18;/h4-10,13H,11-12,14-15H2,1-3H3,(H,24,26)(H2,22,23,25);1H. The maximum Gasteiger partial charge on any atom is 0.222 e. The molecule has 0 radical (unpaired) electrons. The Bertz CT molecular complexity index is 747. The molecule has 146 valence electrons. The van der Waals surface area contributed by atoms with Gasteiger partial charge in [-0.3, -0.25) is 9.79 Å². The first-order chi connectivity index (χ1) is 12.6. The SMILES string of the molecule is CN=C(NCCC(=O)NCc1ccccc1)NCc1ccc(C)cc1C.I. The minimum absolute atomic E-state index is 0. The monoisotopic (exact) mass is 480 g/mol. The molecule has 2 aromatic carbocycles. The van der Waals surface area contributed by atoms with Crippen molar-refractivity contribution in [2.24, 2.45) is 4.99 Å². The largest absolute Gasteiger partial charge is 0.356 e. The summed E-state index contributed by atoms with van der Waals surface area (Å²) in [6.45, 7) is 5.99. The Hall–Kier alpha value is -2.09. The molecule has 0 aliphatic heterocycles. The van der Waals surface area contributed by atoms with Crippen molar-refractivity contribution in [2.75, 3.05) is 13.6 Å². The Labute approximate surface area is 179 Å². The van der Waals surface area contributed by atoms with Gasteiger partial charge < -0.3 is 16.0 Å². The van der Waals surface area contributed by atoms with Crippen LogP contribution in [0, 0.1) is 13.8 Å². The van der Waals surface area contributed by atoms with E-state index in [1.165, 1.54) is 16.7 Å². The van der Waals surface area contributed by atoms with Crippen molar-refractivity contribution in [1.82, 2.24) is 16.0 Å². The molecule has 2 aromatic rings. The molecule has 1 amide bonds. The zero-order valence-electron chi connectivity index (χ0n) is 16.2. The summed E-state index contributed by atoms with van der Waals surface area (Å²) in [5, 5.41) is 9.38. The topological polar surface area (TPSA) is 65.5 Å². The van der Waals surface area contributed by atoms with E-state index in [4.69, 9.17) is 0 Å². The van der Waals surface area contributed by atoms with E-state index in [9.17, 15) is 4.79 Å². The minimum atomic E-state index is 0. The number of guanidine groups is 1. The zero-order chi connectivity index (χ0) is 18.8. The minimum Gasteiger partial charge on any atom is -0.356 e. The number of halogens is 1. The van der Waals surface area contributed by atoms with Gasteiger partial charge in [-0.15, -0.1) is 24.0 Å². The molecular weight excluding hydrogens is 451 g/mol. The van der Waals surface area contributed by atoms with Gasteiger partial charge in [0, 0.05) is 33.1 Å². The molecular formula is C21H29IN4O. The molecule has 0 fully saturated rings.